The standard InChI is InChI=1S/C12H9NS2/c14-11-6-8-2-1-3-10(12(8)13-11)9-4-5-15-7-9/h1-7,13-14H. The molecule has 3 rings (SSSR count). The first-order valence-corrected chi connectivity index (χ1v) is 6.07. The second-order valence-corrected chi connectivity index (χ2v) is 4.70. The van der Waals surface area contributed by atoms with Gasteiger partial charge in [0, 0.05) is 10.9 Å². The summed E-state index contributed by atoms with van der Waals surface area (Å²) in [7, 11) is 0. The predicted octanol–water partition coefficient (Wildman–Crippen LogP) is 4.19. The lowest BCUT2D eigenvalue weighted by Crippen LogP contribution is -1.76. The van der Waals surface area contributed by atoms with E-state index in [-0.39, 0.29) is 0 Å². The molecule has 0 unspecified atom stereocenters. The lowest BCUT2D eigenvalue weighted by Gasteiger charge is -1.99. The van der Waals surface area contributed by atoms with Gasteiger partial charge in [-0.05, 0) is 28.5 Å². The zero-order chi connectivity index (χ0) is 10.3. The number of aromatic nitrogens is 1. The summed E-state index contributed by atoms with van der Waals surface area (Å²) in [5, 5.41) is 6.38. The third-order valence-electron chi connectivity index (χ3n) is 2.47. The summed E-state index contributed by atoms with van der Waals surface area (Å²) < 4.78 is 0. The van der Waals surface area contributed by atoms with E-state index >= 15 is 0 Å². The van der Waals surface area contributed by atoms with Crippen LogP contribution in [-0.4, -0.2) is 4.98 Å². The Balaban J connectivity index is 2.35. The molecule has 3 heteroatoms. The largest absolute Gasteiger partial charge is 0.349 e. The van der Waals surface area contributed by atoms with Gasteiger partial charge in [-0.1, -0.05) is 18.2 Å². The summed E-state index contributed by atoms with van der Waals surface area (Å²) >= 11 is 6.05. The van der Waals surface area contributed by atoms with Crippen molar-refractivity contribution in [1.29, 1.82) is 0 Å². The fraction of sp³-hybridized carbons (Fsp3) is 0. The monoisotopic (exact) mass is 231 g/mol. The van der Waals surface area contributed by atoms with Gasteiger partial charge in [0.05, 0.1) is 10.5 Å². The van der Waals surface area contributed by atoms with Crippen molar-refractivity contribution in [3.8, 4) is 11.1 Å². The zero-order valence-corrected chi connectivity index (χ0v) is 9.61. The van der Waals surface area contributed by atoms with Crippen LogP contribution in [0.4, 0.5) is 0 Å². The molecule has 0 spiro atoms. The van der Waals surface area contributed by atoms with Crippen molar-refractivity contribution in [1.82, 2.24) is 4.98 Å². The van der Waals surface area contributed by atoms with Crippen molar-refractivity contribution in [3.05, 3.63) is 41.1 Å². The molecule has 1 nitrogen and oxygen atoms in total. The number of benzene rings is 1. The first-order chi connectivity index (χ1) is 7.34. The second kappa shape index (κ2) is 3.43. The van der Waals surface area contributed by atoms with E-state index in [2.05, 4.69) is 52.6 Å². The Morgan fingerprint density at radius 3 is 2.93 bits per heavy atom. The van der Waals surface area contributed by atoms with Crippen LogP contribution in [0.5, 0.6) is 0 Å². The summed E-state index contributed by atoms with van der Waals surface area (Å²) in [6.07, 6.45) is 0. The third-order valence-corrected chi connectivity index (χ3v) is 3.40. The molecule has 0 aliphatic rings. The molecular weight excluding hydrogens is 222 g/mol. The number of nitrogens with one attached hydrogen (secondary N) is 1. The van der Waals surface area contributed by atoms with Crippen LogP contribution in [0.1, 0.15) is 0 Å². The van der Waals surface area contributed by atoms with E-state index in [9.17, 15) is 0 Å². The van der Waals surface area contributed by atoms with Gasteiger partial charge in [-0.25, -0.2) is 0 Å². The minimum absolute atomic E-state index is 0.910. The number of fused-ring (bicyclic) bond motifs is 1. The van der Waals surface area contributed by atoms with Crippen LogP contribution >= 0.6 is 24.0 Å². The predicted molar refractivity (Wildman–Crippen MR) is 68.9 cm³/mol. The van der Waals surface area contributed by atoms with Crippen molar-refractivity contribution in [2.45, 2.75) is 5.03 Å². The molecule has 0 saturated heterocycles. The van der Waals surface area contributed by atoms with E-state index in [0.717, 1.165) is 5.03 Å². The quantitative estimate of drug-likeness (QED) is 0.584. The van der Waals surface area contributed by atoms with Crippen LogP contribution in [0.3, 0.4) is 0 Å². The first-order valence-electron chi connectivity index (χ1n) is 4.68. The van der Waals surface area contributed by atoms with Crippen molar-refractivity contribution >= 4 is 34.9 Å². The minimum Gasteiger partial charge on any atom is -0.349 e. The zero-order valence-electron chi connectivity index (χ0n) is 7.90. The van der Waals surface area contributed by atoms with Gasteiger partial charge >= 0.3 is 0 Å². The maximum Gasteiger partial charge on any atom is 0.0701 e. The average Bonchev–Trinajstić information content (AvgIpc) is 2.82. The molecule has 15 heavy (non-hydrogen) atoms. The fourth-order valence-corrected chi connectivity index (χ4v) is 2.71. The highest BCUT2D eigenvalue weighted by Gasteiger charge is 2.05. The molecule has 0 radical (unpaired) electrons. The van der Waals surface area contributed by atoms with Crippen molar-refractivity contribution in [3.63, 3.8) is 0 Å². The third kappa shape index (κ3) is 1.48. The van der Waals surface area contributed by atoms with E-state index in [1.807, 2.05) is 6.07 Å². The maximum atomic E-state index is 4.33. The van der Waals surface area contributed by atoms with E-state index < -0.39 is 0 Å². The minimum atomic E-state index is 0.910. The number of para-hydroxylation sites is 1. The molecule has 0 amide bonds. The van der Waals surface area contributed by atoms with E-state index in [1.54, 1.807) is 11.3 Å². The number of aromatic amines is 1. The highest BCUT2D eigenvalue weighted by atomic mass is 32.1. The Morgan fingerprint density at radius 2 is 2.13 bits per heavy atom. The van der Waals surface area contributed by atoms with Gasteiger partial charge in [-0.15, -0.1) is 12.6 Å². The van der Waals surface area contributed by atoms with E-state index in [0.29, 0.717) is 0 Å². The Bertz CT molecular complexity index is 593. The van der Waals surface area contributed by atoms with Gasteiger partial charge in [0.1, 0.15) is 0 Å². The van der Waals surface area contributed by atoms with E-state index in [1.165, 1.54) is 22.0 Å². The Labute approximate surface area is 97.2 Å². The number of rotatable bonds is 1. The first kappa shape index (κ1) is 9.07. The molecule has 1 N–H and O–H groups in total. The molecule has 0 bridgehead atoms. The SMILES string of the molecule is Sc1cc2cccc(-c3ccsc3)c2[nH]1. The topological polar surface area (TPSA) is 15.8 Å². The van der Waals surface area contributed by atoms with Crippen LogP contribution in [0.15, 0.2) is 46.1 Å². The highest BCUT2D eigenvalue weighted by molar-refractivity contribution is 7.80. The lowest BCUT2D eigenvalue weighted by atomic mass is 10.1. The number of thiophene rings is 1. The molecule has 2 heterocycles. The van der Waals surface area contributed by atoms with E-state index in [4.69, 9.17) is 0 Å². The average molecular weight is 231 g/mol. The summed E-state index contributed by atoms with van der Waals surface area (Å²) in [5.74, 6) is 0. The lowest BCUT2D eigenvalue weighted by molar-refractivity contribution is 1.25. The molecule has 2 aromatic heterocycles. The number of hydrogen-bond donors (Lipinski definition) is 2. The van der Waals surface area contributed by atoms with Gasteiger partial charge < -0.3 is 4.98 Å². The van der Waals surface area contributed by atoms with Crippen LogP contribution in [-0.2, 0) is 0 Å². The van der Waals surface area contributed by atoms with Crippen molar-refractivity contribution < 1.29 is 0 Å². The highest BCUT2D eigenvalue weighted by Crippen LogP contribution is 2.30. The summed E-state index contributed by atoms with van der Waals surface area (Å²) in [6, 6.07) is 10.5. The summed E-state index contributed by atoms with van der Waals surface area (Å²) in [6.45, 7) is 0. The summed E-state index contributed by atoms with van der Waals surface area (Å²) in [4.78, 5) is 3.28. The molecule has 1 aromatic carbocycles. The molecule has 74 valence electrons. The molecule has 0 atom stereocenters. The maximum absolute atomic E-state index is 4.33. The van der Waals surface area contributed by atoms with Gasteiger partial charge in [-0.2, -0.15) is 11.3 Å². The van der Waals surface area contributed by atoms with Crippen LogP contribution < -0.4 is 0 Å². The Hall–Kier alpha value is -1.19. The molecular formula is C12H9NS2. The Morgan fingerprint density at radius 1 is 1.20 bits per heavy atom. The molecule has 0 aliphatic heterocycles. The summed E-state index contributed by atoms with van der Waals surface area (Å²) in [5.41, 5.74) is 3.68. The fourth-order valence-electron chi connectivity index (χ4n) is 1.80. The molecule has 0 aliphatic carbocycles. The molecule has 0 fully saturated rings. The molecule has 3 aromatic rings. The van der Waals surface area contributed by atoms with Crippen molar-refractivity contribution in [2.24, 2.45) is 0 Å². The van der Waals surface area contributed by atoms with Gasteiger partial charge in [0.15, 0.2) is 0 Å². The van der Waals surface area contributed by atoms with Gasteiger partial charge in [0.2, 0.25) is 0 Å². The van der Waals surface area contributed by atoms with Crippen LogP contribution in [0.2, 0.25) is 0 Å². The number of hydrogen-bond acceptors (Lipinski definition) is 2. The van der Waals surface area contributed by atoms with Gasteiger partial charge in [0.25, 0.3) is 0 Å². The van der Waals surface area contributed by atoms with Crippen molar-refractivity contribution in [2.75, 3.05) is 0 Å². The number of thiol groups is 1. The normalized spacial score (nSPS) is 11.0. The number of H-pyrrole nitrogens is 1. The van der Waals surface area contributed by atoms with Crippen LogP contribution in [0, 0.1) is 0 Å². The Kier molecular flexibility index (Phi) is 2.08. The smallest absolute Gasteiger partial charge is 0.0701 e. The van der Waals surface area contributed by atoms with Gasteiger partial charge in [-0.3, -0.25) is 0 Å². The second-order valence-electron chi connectivity index (χ2n) is 3.44. The van der Waals surface area contributed by atoms with Crippen LogP contribution in [0.25, 0.3) is 22.0 Å². The molecule has 0 saturated carbocycles.